The number of aryl methyl sites for hydroxylation is 1. The summed E-state index contributed by atoms with van der Waals surface area (Å²) in [6, 6.07) is 5.13. The molecule has 5 heteroatoms. The van der Waals surface area contributed by atoms with Crippen LogP contribution in [0.5, 0.6) is 0 Å². The van der Waals surface area contributed by atoms with Crippen molar-refractivity contribution in [2.45, 2.75) is 18.7 Å². The molecule has 1 amide bonds. The number of amides is 1. The Bertz CT molecular complexity index is 501. The Balaban J connectivity index is 2.30. The zero-order valence-electron chi connectivity index (χ0n) is 10.3. The normalized spacial score (nSPS) is 19.2. The maximum atomic E-state index is 11.8. The molecule has 1 aliphatic rings. The minimum absolute atomic E-state index is 0.0175. The van der Waals surface area contributed by atoms with Crippen molar-refractivity contribution in [3.8, 4) is 0 Å². The predicted molar refractivity (Wildman–Crippen MR) is 69.1 cm³/mol. The Kier molecular flexibility index (Phi) is 3.57. The lowest BCUT2D eigenvalue weighted by atomic mass is 10.1. The summed E-state index contributed by atoms with van der Waals surface area (Å²) >= 11 is 5.97. The van der Waals surface area contributed by atoms with Crippen LogP contribution in [0.15, 0.2) is 18.2 Å². The van der Waals surface area contributed by atoms with Crippen molar-refractivity contribution in [2.24, 2.45) is 0 Å². The Morgan fingerprint density at radius 3 is 2.72 bits per heavy atom. The number of halogens is 1. The van der Waals surface area contributed by atoms with Gasteiger partial charge in [0.15, 0.2) is 0 Å². The van der Waals surface area contributed by atoms with E-state index in [2.05, 4.69) is 4.74 Å². The smallest absolute Gasteiger partial charge is 0.337 e. The first-order chi connectivity index (χ1) is 8.52. The Morgan fingerprint density at radius 2 is 2.22 bits per heavy atom. The van der Waals surface area contributed by atoms with Crippen molar-refractivity contribution in [3.05, 3.63) is 29.3 Å². The van der Waals surface area contributed by atoms with Crippen LogP contribution in [0.4, 0.5) is 5.69 Å². The summed E-state index contributed by atoms with van der Waals surface area (Å²) in [4.78, 5) is 24.8. The lowest BCUT2D eigenvalue weighted by molar-refractivity contribution is -0.117. The molecule has 96 valence electrons. The number of carbonyl (C=O) groups excluding carboxylic acids is 2. The summed E-state index contributed by atoms with van der Waals surface area (Å²) in [5.41, 5.74) is 2.14. The fraction of sp³-hybridized carbons (Fsp3) is 0.385. The molecule has 1 atom stereocenters. The molecule has 1 fully saturated rings. The van der Waals surface area contributed by atoms with E-state index in [0.29, 0.717) is 18.5 Å². The molecular formula is C13H14ClNO3. The largest absolute Gasteiger partial charge is 0.465 e. The van der Waals surface area contributed by atoms with Gasteiger partial charge in [-0.1, -0.05) is 0 Å². The van der Waals surface area contributed by atoms with E-state index in [1.165, 1.54) is 7.11 Å². The van der Waals surface area contributed by atoms with Crippen LogP contribution in [0.25, 0.3) is 0 Å². The van der Waals surface area contributed by atoms with Crippen LogP contribution in [-0.4, -0.2) is 30.9 Å². The van der Waals surface area contributed by atoms with Crippen molar-refractivity contribution in [2.75, 3.05) is 18.6 Å². The van der Waals surface area contributed by atoms with E-state index < -0.39 is 0 Å². The third kappa shape index (κ3) is 2.34. The lowest BCUT2D eigenvalue weighted by Gasteiger charge is -2.18. The van der Waals surface area contributed by atoms with Gasteiger partial charge in [0.05, 0.1) is 18.1 Å². The molecule has 0 spiro atoms. The highest BCUT2D eigenvalue weighted by molar-refractivity contribution is 6.24. The average molecular weight is 268 g/mol. The van der Waals surface area contributed by atoms with E-state index >= 15 is 0 Å². The van der Waals surface area contributed by atoms with Gasteiger partial charge in [0.2, 0.25) is 5.91 Å². The van der Waals surface area contributed by atoms with E-state index in [-0.39, 0.29) is 17.3 Å². The molecular weight excluding hydrogens is 254 g/mol. The van der Waals surface area contributed by atoms with Gasteiger partial charge >= 0.3 is 5.97 Å². The van der Waals surface area contributed by atoms with Crippen molar-refractivity contribution in [1.82, 2.24) is 0 Å². The van der Waals surface area contributed by atoms with Gasteiger partial charge < -0.3 is 9.64 Å². The quantitative estimate of drug-likeness (QED) is 0.609. The van der Waals surface area contributed by atoms with E-state index in [0.717, 1.165) is 11.3 Å². The van der Waals surface area contributed by atoms with Gasteiger partial charge in [-0.3, -0.25) is 4.79 Å². The number of nitrogens with zero attached hydrogens (tertiary/aromatic N) is 1. The molecule has 0 aliphatic carbocycles. The maximum Gasteiger partial charge on any atom is 0.337 e. The topological polar surface area (TPSA) is 46.6 Å². The molecule has 0 aromatic heterocycles. The second-order valence-electron chi connectivity index (χ2n) is 4.30. The first-order valence-electron chi connectivity index (χ1n) is 5.66. The minimum Gasteiger partial charge on any atom is -0.465 e. The van der Waals surface area contributed by atoms with E-state index in [9.17, 15) is 9.59 Å². The van der Waals surface area contributed by atoms with Crippen LogP contribution in [0.3, 0.4) is 0 Å². The zero-order valence-corrected chi connectivity index (χ0v) is 11.0. The highest BCUT2D eigenvalue weighted by Gasteiger charge is 2.30. The van der Waals surface area contributed by atoms with Gasteiger partial charge in [-0.15, -0.1) is 11.6 Å². The number of carbonyl (C=O) groups is 2. The molecule has 0 bridgehead atoms. The van der Waals surface area contributed by atoms with Gasteiger partial charge in [0, 0.05) is 18.7 Å². The van der Waals surface area contributed by atoms with Crippen molar-refractivity contribution in [3.63, 3.8) is 0 Å². The number of esters is 1. The average Bonchev–Trinajstić information content (AvgIpc) is 2.67. The number of hydrogen-bond donors (Lipinski definition) is 0. The van der Waals surface area contributed by atoms with Crippen LogP contribution in [0.2, 0.25) is 0 Å². The molecule has 1 saturated heterocycles. The van der Waals surface area contributed by atoms with Crippen LogP contribution >= 0.6 is 11.6 Å². The Morgan fingerprint density at radius 1 is 1.50 bits per heavy atom. The number of benzene rings is 1. The summed E-state index contributed by atoms with van der Waals surface area (Å²) in [6.07, 6.45) is 0.361. The first kappa shape index (κ1) is 12.9. The van der Waals surface area contributed by atoms with Gasteiger partial charge in [0.1, 0.15) is 0 Å². The molecule has 1 aromatic carbocycles. The number of rotatable bonds is 2. The lowest BCUT2D eigenvalue weighted by Crippen LogP contribution is -2.25. The van der Waals surface area contributed by atoms with Gasteiger partial charge in [-0.05, 0) is 30.7 Å². The van der Waals surface area contributed by atoms with E-state index in [4.69, 9.17) is 11.6 Å². The molecule has 1 aliphatic heterocycles. The fourth-order valence-corrected chi connectivity index (χ4v) is 2.37. The highest BCUT2D eigenvalue weighted by Crippen LogP contribution is 2.27. The zero-order chi connectivity index (χ0) is 13.3. The summed E-state index contributed by atoms with van der Waals surface area (Å²) in [5.74, 6) is -0.364. The molecule has 2 rings (SSSR count). The minimum atomic E-state index is -0.382. The summed E-state index contributed by atoms with van der Waals surface area (Å²) in [7, 11) is 1.34. The van der Waals surface area contributed by atoms with Gasteiger partial charge in [-0.2, -0.15) is 0 Å². The molecule has 0 N–H and O–H groups in total. The van der Waals surface area contributed by atoms with E-state index in [1.807, 2.05) is 6.92 Å². The molecule has 0 radical (unpaired) electrons. The second-order valence-corrected chi connectivity index (χ2v) is 4.92. The predicted octanol–water partition coefficient (Wildman–Crippen LogP) is 2.13. The molecule has 0 saturated carbocycles. The van der Waals surface area contributed by atoms with Gasteiger partial charge in [-0.25, -0.2) is 4.79 Å². The monoisotopic (exact) mass is 267 g/mol. The SMILES string of the molecule is COC(=O)c1ccc(N2CC(Cl)CC2=O)c(C)c1. The fourth-order valence-electron chi connectivity index (χ4n) is 2.10. The van der Waals surface area contributed by atoms with Crippen molar-refractivity contribution in [1.29, 1.82) is 0 Å². The van der Waals surface area contributed by atoms with Gasteiger partial charge in [0.25, 0.3) is 0 Å². The molecule has 18 heavy (non-hydrogen) atoms. The molecule has 4 nitrogen and oxygen atoms in total. The molecule has 1 heterocycles. The van der Waals surface area contributed by atoms with Crippen LogP contribution < -0.4 is 4.90 Å². The number of alkyl halides is 1. The Labute approximate surface area is 110 Å². The second kappa shape index (κ2) is 4.98. The molecule has 1 unspecified atom stereocenters. The van der Waals surface area contributed by atoms with Crippen LogP contribution in [-0.2, 0) is 9.53 Å². The highest BCUT2D eigenvalue weighted by atomic mass is 35.5. The van der Waals surface area contributed by atoms with Crippen LogP contribution in [0.1, 0.15) is 22.3 Å². The number of anilines is 1. The standard InChI is InChI=1S/C13H14ClNO3/c1-8-5-9(13(17)18-2)3-4-11(8)15-7-10(14)6-12(15)16/h3-5,10H,6-7H2,1-2H3. The number of hydrogen-bond acceptors (Lipinski definition) is 3. The Hall–Kier alpha value is -1.55. The third-order valence-electron chi connectivity index (χ3n) is 2.99. The third-order valence-corrected chi connectivity index (χ3v) is 3.28. The summed E-state index contributed by atoms with van der Waals surface area (Å²) in [5, 5.41) is -0.141. The van der Waals surface area contributed by atoms with Crippen molar-refractivity contribution < 1.29 is 14.3 Å². The van der Waals surface area contributed by atoms with E-state index in [1.54, 1.807) is 23.1 Å². The number of methoxy groups -OCH3 is 1. The summed E-state index contributed by atoms with van der Waals surface area (Å²) < 4.78 is 4.65. The molecule has 1 aromatic rings. The summed E-state index contributed by atoms with van der Waals surface area (Å²) in [6.45, 7) is 2.37. The van der Waals surface area contributed by atoms with Crippen molar-refractivity contribution >= 4 is 29.2 Å². The van der Waals surface area contributed by atoms with Crippen LogP contribution in [0, 0.1) is 6.92 Å². The maximum absolute atomic E-state index is 11.8. The number of ether oxygens (including phenoxy) is 1. The first-order valence-corrected chi connectivity index (χ1v) is 6.10.